The number of amides is 1. The molecule has 0 saturated heterocycles. The van der Waals surface area contributed by atoms with Gasteiger partial charge in [-0.25, -0.2) is 4.98 Å². The number of halogens is 3. The van der Waals surface area contributed by atoms with Crippen molar-refractivity contribution in [1.29, 1.82) is 0 Å². The molecule has 0 aliphatic rings. The van der Waals surface area contributed by atoms with Crippen molar-refractivity contribution < 1.29 is 9.90 Å². The van der Waals surface area contributed by atoms with Crippen LogP contribution in [0.15, 0.2) is 30.3 Å². The Morgan fingerprint density at radius 1 is 1.18 bits per heavy atom. The lowest BCUT2D eigenvalue weighted by Crippen LogP contribution is -2.14. The number of para-hydroxylation sites is 2. The highest BCUT2D eigenvalue weighted by Gasteiger charge is 2.22. The predicted molar refractivity (Wildman–Crippen MR) is 87.2 cm³/mol. The molecule has 22 heavy (non-hydrogen) atoms. The zero-order chi connectivity index (χ0) is 15.9. The second-order valence-electron chi connectivity index (χ2n) is 4.43. The van der Waals surface area contributed by atoms with Gasteiger partial charge in [0.05, 0.1) is 26.1 Å². The Labute approximate surface area is 139 Å². The van der Waals surface area contributed by atoms with Crippen LogP contribution in [0.1, 0.15) is 10.4 Å². The molecule has 3 N–H and O–H groups in total. The van der Waals surface area contributed by atoms with Crippen LogP contribution >= 0.6 is 34.8 Å². The Morgan fingerprint density at radius 3 is 2.64 bits per heavy atom. The van der Waals surface area contributed by atoms with E-state index in [1.807, 2.05) is 18.2 Å². The molecule has 0 aliphatic carbocycles. The molecule has 8 heteroatoms. The lowest BCUT2D eigenvalue weighted by molar-refractivity contribution is 0.102. The molecule has 0 radical (unpaired) electrons. The number of aromatic nitrogens is 2. The van der Waals surface area contributed by atoms with Crippen LogP contribution in [0.25, 0.3) is 11.0 Å². The van der Waals surface area contributed by atoms with Crippen molar-refractivity contribution in [1.82, 2.24) is 9.97 Å². The number of phenolic OH excluding ortho intramolecular Hbond substituents is 1. The number of hydrogen-bond acceptors (Lipinski definition) is 3. The van der Waals surface area contributed by atoms with Gasteiger partial charge in [0.25, 0.3) is 5.91 Å². The lowest BCUT2D eigenvalue weighted by atomic mass is 10.2. The largest absolute Gasteiger partial charge is 0.505 e. The molecule has 2 aromatic carbocycles. The van der Waals surface area contributed by atoms with Gasteiger partial charge in [-0.2, -0.15) is 0 Å². The van der Waals surface area contributed by atoms with Crippen molar-refractivity contribution in [3.63, 3.8) is 0 Å². The fourth-order valence-electron chi connectivity index (χ4n) is 1.98. The molecular formula is C14H8Cl3N3O2. The van der Waals surface area contributed by atoms with Gasteiger partial charge in [-0.05, 0) is 18.2 Å². The molecule has 0 fully saturated rings. The van der Waals surface area contributed by atoms with Gasteiger partial charge in [0.2, 0.25) is 5.95 Å². The van der Waals surface area contributed by atoms with Gasteiger partial charge in [0.1, 0.15) is 11.3 Å². The van der Waals surface area contributed by atoms with Crippen LogP contribution in [-0.4, -0.2) is 21.0 Å². The number of hydrogen-bond donors (Lipinski definition) is 3. The van der Waals surface area contributed by atoms with Gasteiger partial charge in [-0.15, -0.1) is 0 Å². The molecule has 3 aromatic rings. The Kier molecular flexibility index (Phi) is 3.87. The quantitative estimate of drug-likeness (QED) is 0.592. The average molecular weight is 357 g/mol. The van der Waals surface area contributed by atoms with E-state index in [9.17, 15) is 9.90 Å². The SMILES string of the molecule is O=C(Nc1nc2ccccc2[nH]1)c1c(O)c(Cl)cc(Cl)c1Cl. The number of aromatic amines is 1. The molecule has 0 aliphatic heterocycles. The van der Waals surface area contributed by atoms with Gasteiger partial charge in [-0.1, -0.05) is 46.9 Å². The van der Waals surface area contributed by atoms with Crippen molar-refractivity contribution >= 4 is 57.7 Å². The number of phenols is 1. The summed E-state index contributed by atoms with van der Waals surface area (Å²) in [5.41, 5.74) is 1.24. The topological polar surface area (TPSA) is 78.0 Å². The highest BCUT2D eigenvalue weighted by atomic mass is 35.5. The minimum Gasteiger partial charge on any atom is -0.505 e. The predicted octanol–water partition coefficient (Wildman–Crippen LogP) is 4.48. The molecule has 0 spiro atoms. The standard InChI is InChI=1S/C14H8Cl3N3O2/c15-6-5-7(16)12(21)10(11(6)17)13(22)20-14-18-8-3-1-2-4-9(8)19-14/h1-5,21H,(H2,18,19,20,22). The summed E-state index contributed by atoms with van der Waals surface area (Å²) in [6.45, 7) is 0. The van der Waals surface area contributed by atoms with Crippen molar-refractivity contribution in [3.8, 4) is 5.75 Å². The van der Waals surface area contributed by atoms with Crippen LogP contribution in [0.5, 0.6) is 5.75 Å². The van der Waals surface area contributed by atoms with E-state index in [2.05, 4.69) is 15.3 Å². The van der Waals surface area contributed by atoms with E-state index in [-0.39, 0.29) is 26.6 Å². The van der Waals surface area contributed by atoms with Crippen LogP contribution in [0, 0.1) is 0 Å². The lowest BCUT2D eigenvalue weighted by Gasteiger charge is -2.09. The first kappa shape index (κ1) is 15.0. The summed E-state index contributed by atoms with van der Waals surface area (Å²) >= 11 is 17.6. The first-order valence-electron chi connectivity index (χ1n) is 6.10. The van der Waals surface area contributed by atoms with Gasteiger partial charge < -0.3 is 10.1 Å². The van der Waals surface area contributed by atoms with Crippen LogP contribution in [0.2, 0.25) is 15.1 Å². The molecule has 5 nitrogen and oxygen atoms in total. The second-order valence-corrected chi connectivity index (χ2v) is 5.63. The third kappa shape index (κ3) is 2.59. The normalized spacial score (nSPS) is 10.9. The van der Waals surface area contributed by atoms with E-state index in [0.717, 1.165) is 5.52 Å². The van der Waals surface area contributed by atoms with Crippen LogP contribution in [0.4, 0.5) is 5.95 Å². The molecule has 1 amide bonds. The number of fused-ring (bicyclic) bond motifs is 1. The number of aromatic hydroxyl groups is 1. The number of carbonyl (C=O) groups is 1. The molecule has 0 saturated carbocycles. The molecule has 1 heterocycles. The third-order valence-corrected chi connectivity index (χ3v) is 4.07. The fraction of sp³-hybridized carbons (Fsp3) is 0. The van der Waals surface area contributed by atoms with E-state index < -0.39 is 11.7 Å². The monoisotopic (exact) mass is 355 g/mol. The van der Waals surface area contributed by atoms with Crippen LogP contribution in [0.3, 0.4) is 0 Å². The summed E-state index contributed by atoms with van der Waals surface area (Å²) in [6.07, 6.45) is 0. The maximum Gasteiger partial charge on any atom is 0.263 e. The molecular weight excluding hydrogens is 349 g/mol. The molecule has 0 unspecified atom stereocenters. The minimum absolute atomic E-state index is 0.0656. The molecule has 0 atom stereocenters. The number of rotatable bonds is 2. The molecule has 112 valence electrons. The average Bonchev–Trinajstić information content (AvgIpc) is 2.87. The highest BCUT2D eigenvalue weighted by Crippen LogP contribution is 2.38. The van der Waals surface area contributed by atoms with Crippen molar-refractivity contribution in [2.75, 3.05) is 5.32 Å². The van der Waals surface area contributed by atoms with Gasteiger partial charge in [-0.3, -0.25) is 10.1 Å². The summed E-state index contributed by atoms with van der Waals surface area (Å²) < 4.78 is 0. The number of carbonyl (C=O) groups excluding carboxylic acids is 1. The van der Waals surface area contributed by atoms with Crippen molar-refractivity contribution in [2.24, 2.45) is 0 Å². The number of anilines is 1. The van der Waals surface area contributed by atoms with E-state index in [4.69, 9.17) is 34.8 Å². The van der Waals surface area contributed by atoms with Crippen molar-refractivity contribution in [3.05, 3.63) is 51.0 Å². The Balaban J connectivity index is 1.98. The smallest absolute Gasteiger partial charge is 0.263 e. The number of imidazole rings is 1. The van der Waals surface area contributed by atoms with Gasteiger partial charge >= 0.3 is 0 Å². The summed E-state index contributed by atoms with van der Waals surface area (Å²) in [7, 11) is 0. The molecule has 0 bridgehead atoms. The summed E-state index contributed by atoms with van der Waals surface area (Å²) in [5, 5.41) is 12.4. The summed E-state index contributed by atoms with van der Waals surface area (Å²) in [4.78, 5) is 19.4. The Morgan fingerprint density at radius 2 is 1.91 bits per heavy atom. The maximum atomic E-state index is 12.3. The Bertz CT molecular complexity index is 833. The number of nitrogens with zero attached hydrogens (tertiary/aromatic N) is 1. The van der Waals surface area contributed by atoms with Crippen molar-refractivity contribution in [2.45, 2.75) is 0 Å². The minimum atomic E-state index is -0.675. The Hall–Kier alpha value is -1.95. The third-order valence-electron chi connectivity index (χ3n) is 2.99. The first-order valence-corrected chi connectivity index (χ1v) is 7.23. The van der Waals surface area contributed by atoms with Crippen LogP contribution in [-0.2, 0) is 0 Å². The molecule has 1 aromatic heterocycles. The van der Waals surface area contributed by atoms with Crippen LogP contribution < -0.4 is 5.32 Å². The second kappa shape index (κ2) is 5.68. The van der Waals surface area contributed by atoms with Gasteiger partial charge in [0.15, 0.2) is 0 Å². The summed E-state index contributed by atoms with van der Waals surface area (Å²) in [5.74, 6) is -0.895. The van der Waals surface area contributed by atoms with E-state index in [0.29, 0.717) is 5.52 Å². The maximum absolute atomic E-state index is 12.3. The fourth-order valence-corrected chi connectivity index (χ4v) is 2.67. The number of benzene rings is 2. The number of nitrogens with one attached hydrogen (secondary N) is 2. The zero-order valence-corrected chi connectivity index (χ0v) is 13.1. The summed E-state index contributed by atoms with van der Waals surface area (Å²) in [6, 6.07) is 8.54. The van der Waals surface area contributed by atoms with E-state index >= 15 is 0 Å². The van der Waals surface area contributed by atoms with E-state index in [1.54, 1.807) is 6.07 Å². The van der Waals surface area contributed by atoms with E-state index in [1.165, 1.54) is 6.07 Å². The van der Waals surface area contributed by atoms with Gasteiger partial charge in [0, 0.05) is 0 Å². The highest BCUT2D eigenvalue weighted by molar-refractivity contribution is 6.46. The molecule has 3 rings (SSSR count). The first-order chi connectivity index (χ1) is 10.5. The zero-order valence-electron chi connectivity index (χ0n) is 10.8. The number of H-pyrrole nitrogens is 1.